The zero-order valence-corrected chi connectivity index (χ0v) is 17.2. The minimum absolute atomic E-state index is 0.108. The molecule has 2 aromatic heterocycles. The zero-order valence-electron chi connectivity index (χ0n) is 14.8. The van der Waals surface area contributed by atoms with E-state index in [0.717, 1.165) is 57.9 Å². The first-order valence-electron chi connectivity index (χ1n) is 8.59. The molecule has 0 amide bonds. The Balaban J connectivity index is 1.56. The van der Waals surface area contributed by atoms with Gasteiger partial charge >= 0.3 is 0 Å². The maximum atomic E-state index is 12.8. The van der Waals surface area contributed by atoms with E-state index in [1.54, 1.807) is 7.11 Å². The minimum atomic E-state index is 0.108. The highest BCUT2D eigenvalue weighted by Crippen LogP contribution is 2.26. The predicted octanol–water partition coefficient (Wildman–Crippen LogP) is 3.60. The number of nitrogens with zero attached hydrogens (tertiary/aromatic N) is 3. The van der Waals surface area contributed by atoms with E-state index in [0.29, 0.717) is 6.54 Å². The van der Waals surface area contributed by atoms with Crippen molar-refractivity contribution in [3.05, 3.63) is 55.4 Å². The van der Waals surface area contributed by atoms with Gasteiger partial charge in [-0.15, -0.1) is 11.3 Å². The van der Waals surface area contributed by atoms with Gasteiger partial charge in [-0.1, -0.05) is 6.07 Å². The van der Waals surface area contributed by atoms with Crippen molar-refractivity contribution in [3.63, 3.8) is 0 Å². The molecule has 26 heavy (non-hydrogen) atoms. The second kappa shape index (κ2) is 7.13. The monoisotopic (exact) mass is 433 g/mol. The molecular weight excluding hydrogens is 414 g/mol. The third kappa shape index (κ3) is 3.19. The number of ether oxygens (including phenoxy) is 1. The molecule has 3 heterocycles. The molecule has 4 rings (SSSR count). The predicted molar refractivity (Wildman–Crippen MR) is 108 cm³/mol. The topological polar surface area (TPSA) is 47.4 Å². The van der Waals surface area contributed by atoms with Crippen LogP contribution in [0, 0.1) is 6.92 Å². The number of rotatable bonds is 3. The minimum Gasteiger partial charge on any atom is -0.496 e. The lowest BCUT2D eigenvalue weighted by Crippen LogP contribution is -2.28. The van der Waals surface area contributed by atoms with Gasteiger partial charge in [0, 0.05) is 32.6 Å². The van der Waals surface area contributed by atoms with Crippen molar-refractivity contribution in [3.8, 4) is 5.75 Å². The summed E-state index contributed by atoms with van der Waals surface area (Å²) in [5, 5.41) is 2.02. The molecule has 0 aliphatic carbocycles. The molecule has 0 saturated heterocycles. The van der Waals surface area contributed by atoms with E-state index in [1.165, 1.54) is 16.9 Å². The molecule has 1 aromatic carbocycles. The van der Waals surface area contributed by atoms with E-state index >= 15 is 0 Å². The molecule has 0 atom stereocenters. The Kier molecular flexibility index (Phi) is 4.86. The molecule has 1 aliphatic rings. The first kappa shape index (κ1) is 17.7. The molecule has 0 fully saturated rings. The number of fused-ring (bicyclic) bond motifs is 2. The van der Waals surface area contributed by atoms with Crippen molar-refractivity contribution in [1.82, 2.24) is 14.5 Å². The fraction of sp³-hybridized carbons (Fsp3) is 0.368. The number of hydrogen-bond donors (Lipinski definition) is 0. The van der Waals surface area contributed by atoms with Gasteiger partial charge in [0.1, 0.15) is 16.3 Å². The number of methoxy groups -OCH3 is 1. The number of thiophene rings is 1. The SMILES string of the molecule is COc1ccc(CN2CCc3nc4c(C)csc4c(=O)n3CC2)cc1Br. The van der Waals surface area contributed by atoms with Gasteiger partial charge in [-0.2, -0.15) is 0 Å². The van der Waals surface area contributed by atoms with Crippen LogP contribution < -0.4 is 10.3 Å². The van der Waals surface area contributed by atoms with E-state index in [4.69, 9.17) is 9.72 Å². The molecule has 0 N–H and O–H groups in total. The average molecular weight is 434 g/mol. The van der Waals surface area contributed by atoms with Crippen LogP contribution in [-0.4, -0.2) is 34.7 Å². The van der Waals surface area contributed by atoms with Crippen LogP contribution in [0.3, 0.4) is 0 Å². The Hall–Kier alpha value is -1.70. The van der Waals surface area contributed by atoms with Gasteiger partial charge in [0.2, 0.25) is 0 Å². The van der Waals surface area contributed by atoms with Crippen molar-refractivity contribution in [2.75, 3.05) is 20.2 Å². The summed E-state index contributed by atoms with van der Waals surface area (Å²) in [7, 11) is 1.67. The van der Waals surface area contributed by atoms with Crippen molar-refractivity contribution < 1.29 is 4.74 Å². The molecule has 3 aromatic rings. The number of hydrogen-bond acceptors (Lipinski definition) is 5. The van der Waals surface area contributed by atoms with Gasteiger partial charge in [-0.05, 0) is 51.5 Å². The molecule has 0 bridgehead atoms. The molecule has 7 heteroatoms. The molecule has 0 unspecified atom stereocenters. The van der Waals surface area contributed by atoms with Gasteiger partial charge in [-0.3, -0.25) is 14.3 Å². The normalized spacial score (nSPS) is 15.0. The number of aromatic nitrogens is 2. The number of benzene rings is 1. The third-order valence-electron chi connectivity index (χ3n) is 4.85. The molecular formula is C19H20BrN3O2S. The van der Waals surface area contributed by atoms with E-state index in [9.17, 15) is 4.79 Å². The van der Waals surface area contributed by atoms with Crippen LogP contribution in [0.5, 0.6) is 5.75 Å². The first-order chi connectivity index (χ1) is 12.6. The molecule has 0 saturated carbocycles. The van der Waals surface area contributed by atoms with Gasteiger partial charge < -0.3 is 4.74 Å². The Morgan fingerprint density at radius 3 is 2.92 bits per heavy atom. The zero-order chi connectivity index (χ0) is 18.3. The molecule has 1 aliphatic heterocycles. The molecule has 0 spiro atoms. The largest absolute Gasteiger partial charge is 0.496 e. The second-order valence-corrected chi connectivity index (χ2v) is 8.31. The van der Waals surface area contributed by atoms with Gasteiger partial charge in [-0.25, -0.2) is 4.98 Å². The summed E-state index contributed by atoms with van der Waals surface area (Å²) in [5.41, 5.74) is 3.30. The number of aryl methyl sites for hydroxylation is 1. The summed E-state index contributed by atoms with van der Waals surface area (Å²) in [6.07, 6.45) is 0.789. The van der Waals surface area contributed by atoms with Crippen LogP contribution in [0.15, 0.2) is 32.8 Å². The summed E-state index contributed by atoms with van der Waals surface area (Å²) >= 11 is 5.05. The van der Waals surface area contributed by atoms with Crippen molar-refractivity contribution >= 4 is 37.5 Å². The lowest BCUT2D eigenvalue weighted by molar-refractivity contribution is 0.271. The van der Waals surface area contributed by atoms with Crippen LogP contribution in [-0.2, 0) is 19.5 Å². The Morgan fingerprint density at radius 1 is 1.31 bits per heavy atom. The van der Waals surface area contributed by atoms with Crippen LogP contribution in [0.25, 0.3) is 10.2 Å². The summed E-state index contributed by atoms with van der Waals surface area (Å²) < 4.78 is 8.90. The van der Waals surface area contributed by atoms with Gasteiger partial charge in [0.15, 0.2) is 0 Å². The van der Waals surface area contributed by atoms with Crippen molar-refractivity contribution in [1.29, 1.82) is 0 Å². The van der Waals surface area contributed by atoms with E-state index < -0.39 is 0 Å². The Bertz CT molecular complexity index is 1030. The quantitative estimate of drug-likeness (QED) is 0.632. The van der Waals surface area contributed by atoms with Gasteiger partial charge in [0.25, 0.3) is 5.56 Å². The average Bonchev–Trinajstić information content (AvgIpc) is 2.87. The summed E-state index contributed by atoms with van der Waals surface area (Å²) in [6.45, 7) is 5.29. The molecule has 136 valence electrons. The van der Waals surface area contributed by atoms with Crippen molar-refractivity contribution in [2.24, 2.45) is 0 Å². The first-order valence-corrected chi connectivity index (χ1v) is 10.3. The summed E-state index contributed by atoms with van der Waals surface area (Å²) in [5.74, 6) is 1.74. The summed E-state index contributed by atoms with van der Waals surface area (Å²) in [4.78, 5) is 20.0. The van der Waals surface area contributed by atoms with Crippen LogP contribution in [0.1, 0.15) is 17.0 Å². The fourth-order valence-corrected chi connectivity index (χ4v) is 4.94. The molecule has 5 nitrogen and oxygen atoms in total. The smallest absolute Gasteiger partial charge is 0.271 e. The Labute approximate surface area is 164 Å². The molecule has 0 radical (unpaired) electrons. The highest BCUT2D eigenvalue weighted by molar-refractivity contribution is 9.10. The highest BCUT2D eigenvalue weighted by Gasteiger charge is 2.19. The van der Waals surface area contributed by atoms with Gasteiger partial charge in [0.05, 0.1) is 17.1 Å². The third-order valence-corrected chi connectivity index (χ3v) is 6.54. The van der Waals surface area contributed by atoms with Crippen LogP contribution in [0.2, 0.25) is 0 Å². The van der Waals surface area contributed by atoms with E-state index in [2.05, 4.69) is 33.0 Å². The number of halogens is 1. The second-order valence-electron chi connectivity index (χ2n) is 6.58. The van der Waals surface area contributed by atoms with Crippen LogP contribution >= 0.6 is 27.3 Å². The Morgan fingerprint density at radius 2 is 2.15 bits per heavy atom. The van der Waals surface area contributed by atoms with Crippen LogP contribution in [0.4, 0.5) is 0 Å². The fourth-order valence-electron chi connectivity index (χ4n) is 3.42. The van der Waals surface area contributed by atoms with E-state index in [1.807, 2.05) is 22.9 Å². The lowest BCUT2D eigenvalue weighted by Gasteiger charge is -2.19. The maximum absolute atomic E-state index is 12.8. The van der Waals surface area contributed by atoms with Crippen molar-refractivity contribution in [2.45, 2.75) is 26.4 Å². The maximum Gasteiger partial charge on any atom is 0.271 e. The van der Waals surface area contributed by atoms with E-state index in [-0.39, 0.29) is 5.56 Å². The highest BCUT2D eigenvalue weighted by atomic mass is 79.9. The lowest BCUT2D eigenvalue weighted by atomic mass is 10.2. The standard InChI is InChI=1S/C19H20BrN3O2S/c1-12-11-26-18-17(12)21-16-5-6-22(7-8-23(16)19(18)24)10-13-3-4-15(25-2)14(20)9-13/h3-4,9,11H,5-8,10H2,1-2H3. The summed E-state index contributed by atoms with van der Waals surface area (Å²) in [6, 6.07) is 6.17.